The highest BCUT2D eigenvalue weighted by Crippen LogP contribution is 2.26. The van der Waals surface area contributed by atoms with E-state index >= 15 is 0 Å². The standard InChI is InChI=1S/C24H19BrN2O3/c1-30-24(29)21(14-15-8-2-5-11-18(15)25)27-23(28)22-16-9-3-6-12-19(16)26-20-13-7-4-10-17(20)22/h2-13,21H,14H2,1H3,(H,27,28)/t21-/m1/s1. The number of methoxy groups -OCH3 is 1. The van der Waals surface area contributed by atoms with Crippen molar-refractivity contribution in [2.24, 2.45) is 0 Å². The lowest BCUT2D eigenvalue weighted by Gasteiger charge is -2.19. The van der Waals surface area contributed by atoms with Crippen molar-refractivity contribution in [3.8, 4) is 0 Å². The summed E-state index contributed by atoms with van der Waals surface area (Å²) in [5.74, 6) is -0.839. The second-order valence-electron chi connectivity index (χ2n) is 6.87. The molecular weight excluding hydrogens is 444 g/mol. The van der Waals surface area contributed by atoms with Crippen LogP contribution in [0.15, 0.2) is 77.3 Å². The van der Waals surface area contributed by atoms with Gasteiger partial charge in [0.25, 0.3) is 5.91 Å². The number of para-hydroxylation sites is 2. The first-order valence-electron chi connectivity index (χ1n) is 9.48. The fraction of sp³-hybridized carbons (Fsp3) is 0.125. The van der Waals surface area contributed by atoms with E-state index in [0.29, 0.717) is 12.0 Å². The first kappa shape index (κ1) is 20.0. The average Bonchev–Trinajstić information content (AvgIpc) is 2.77. The molecule has 30 heavy (non-hydrogen) atoms. The van der Waals surface area contributed by atoms with Gasteiger partial charge in [-0.05, 0) is 23.8 Å². The highest BCUT2D eigenvalue weighted by molar-refractivity contribution is 9.10. The molecule has 0 aliphatic heterocycles. The minimum absolute atomic E-state index is 0.306. The minimum Gasteiger partial charge on any atom is -0.467 e. The molecule has 1 aromatic heterocycles. The topological polar surface area (TPSA) is 68.3 Å². The maximum absolute atomic E-state index is 13.4. The number of carbonyl (C=O) groups is 2. The Morgan fingerprint density at radius 3 is 2.10 bits per heavy atom. The number of aromatic nitrogens is 1. The number of pyridine rings is 1. The molecule has 4 aromatic rings. The molecule has 1 amide bonds. The van der Waals surface area contributed by atoms with Crippen molar-refractivity contribution in [3.05, 3.63) is 88.4 Å². The smallest absolute Gasteiger partial charge is 0.328 e. The molecule has 5 nitrogen and oxygen atoms in total. The normalized spacial score (nSPS) is 11.9. The van der Waals surface area contributed by atoms with E-state index in [-0.39, 0.29) is 5.91 Å². The second-order valence-corrected chi connectivity index (χ2v) is 7.72. The third-order valence-electron chi connectivity index (χ3n) is 4.99. The number of benzene rings is 3. The number of carbonyl (C=O) groups excluding carboxylic acids is 2. The molecule has 1 atom stereocenters. The van der Waals surface area contributed by atoms with Gasteiger partial charge in [-0.3, -0.25) is 4.79 Å². The Bertz CT molecular complexity index is 1200. The number of halogens is 1. The minimum atomic E-state index is -0.827. The van der Waals surface area contributed by atoms with E-state index in [1.807, 2.05) is 72.8 Å². The molecule has 0 spiro atoms. The van der Waals surface area contributed by atoms with Crippen molar-refractivity contribution in [1.29, 1.82) is 0 Å². The number of hydrogen-bond donors (Lipinski definition) is 1. The van der Waals surface area contributed by atoms with E-state index in [1.165, 1.54) is 7.11 Å². The van der Waals surface area contributed by atoms with Crippen LogP contribution in [0, 0.1) is 0 Å². The Balaban J connectivity index is 1.76. The van der Waals surface area contributed by atoms with Crippen LogP contribution in [0.3, 0.4) is 0 Å². The molecule has 0 fully saturated rings. The molecule has 1 heterocycles. The maximum Gasteiger partial charge on any atom is 0.328 e. The molecule has 0 unspecified atom stereocenters. The van der Waals surface area contributed by atoms with Crippen LogP contribution in [0.1, 0.15) is 15.9 Å². The number of fused-ring (bicyclic) bond motifs is 2. The summed E-state index contributed by atoms with van der Waals surface area (Å²) in [6, 6.07) is 21.7. The summed E-state index contributed by atoms with van der Waals surface area (Å²) in [6.45, 7) is 0. The monoisotopic (exact) mass is 462 g/mol. The van der Waals surface area contributed by atoms with Crippen LogP contribution in [-0.4, -0.2) is 30.0 Å². The van der Waals surface area contributed by atoms with Crippen molar-refractivity contribution in [2.45, 2.75) is 12.5 Å². The number of hydrogen-bond acceptors (Lipinski definition) is 4. The van der Waals surface area contributed by atoms with Crippen LogP contribution in [0.2, 0.25) is 0 Å². The van der Waals surface area contributed by atoms with E-state index in [0.717, 1.165) is 31.8 Å². The van der Waals surface area contributed by atoms with Gasteiger partial charge in [0.15, 0.2) is 0 Å². The second kappa shape index (κ2) is 8.63. The first-order chi connectivity index (χ1) is 14.6. The summed E-state index contributed by atoms with van der Waals surface area (Å²) in [5.41, 5.74) is 2.85. The third-order valence-corrected chi connectivity index (χ3v) is 5.76. The van der Waals surface area contributed by atoms with E-state index in [1.54, 1.807) is 0 Å². The Kier molecular flexibility index (Phi) is 5.77. The van der Waals surface area contributed by atoms with Crippen molar-refractivity contribution < 1.29 is 14.3 Å². The highest BCUT2D eigenvalue weighted by Gasteiger charge is 2.25. The van der Waals surface area contributed by atoms with Crippen molar-refractivity contribution in [1.82, 2.24) is 10.3 Å². The summed E-state index contributed by atoms with van der Waals surface area (Å²) in [4.78, 5) is 30.5. The lowest BCUT2D eigenvalue weighted by Crippen LogP contribution is -2.43. The van der Waals surface area contributed by atoms with Gasteiger partial charge < -0.3 is 10.1 Å². The van der Waals surface area contributed by atoms with Crippen LogP contribution in [0.25, 0.3) is 21.8 Å². The van der Waals surface area contributed by atoms with Gasteiger partial charge in [0.2, 0.25) is 0 Å². The van der Waals surface area contributed by atoms with Gasteiger partial charge in [-0.15, -0.1) is 0 Å². The molecule has 0 aliphatic carbocycles. The molecule has 4 rings (SSSR count). The van der Waals surface area contributed by atoms with Crippen molar-refractivity contribution in [2.75, 3.05) is 7.11 Å². The largest absolute Gasteiger partial charge is 0.467 e. The lowest BCUT2D eigenvalue weighted by atomic mass is 10.0. The molecule has 0 saturated carbocycles. The summed E-state index contributed by atoms with van der Waals surface area (Å²) < 4.78 is 5.82. The summed E-state index contributed by atoms with van der Waals surface area (Å²) in [6.07, 6.45) is 0.306. The quantitative estimate of drug-likeness (QED) is 0.345. The fourth-order valence-electron chi connectivity index (χ4n) is 3.53. The Hall–Kier alpha value is -3.25. The van der Waals surface area contributed by atoms with Crippen LogP contribution < -0.4 is 5.32 Å². The average molecular weight is 463 g/mol. The van der Waals surface area contributed by atoms with E-state index in [2.05, 4.69) is 26.2 Å². The summed E-state index contributed by atoms with van der Waals surface area (Å²) in [7, 11) is 1.32. The fourth-order valence-corrected chi connectivity index (χ4v) is 3.98. The van der Waals surface area contributed by atoms with E-state index < -0.39 is 12.0 Å². The SMILES string of the molecule is COC(=O)[C@@H](Cc1ccccc1Br)NC(=O)c1c2ccccc2nc2ccccc12. The molecular formula is C24H19BrN2O3. The lowest BCUT2D eigenvalue weighted by molar-refractivity contribution is -0.142. The van der Waals surface area contributed by atoms with Gasteiger partial charge in [-0.1, -0.05) is 70.5 Å². The third kappa shape index (κ3) is 3.91. The predicted molar refractivity (Wildman–Crippen MR) is 120 cm³/mol. The van der Waals surface area contributed by atoms with Gasteiger partial charge in [0.1, 0.15) is 6.04 Å². The van der Waals surface area contributed by atoms with Gasteiger partial charge >= 0.3 is 5.97 Å². The van der Waals surface area contributed by atoms with Crippen molar-refractivity contribution >= 4 is 49.6 Å². The van der Waals surface area contributed by atoms with Crippen LogP contribution in [0.5, 0.6) is 0 Å². The van der Waals surface area contributed by atoms with Crippen LogP contribution >= 0.6 is 15.9 Å². The first-order valence-corrected chi connectivity index (χ1v) is 10.3. The summed E-state index contributed by atoms with van der Waals surface area (Å²) in [5, 5.41) is 4.35. The molecule has 0 saturated heterocycles. The molecule has 3 aromatic carbocycles. The number of ether oxygens (including phenoxy) is 1. The van der Waals surface area contributed by atoms with Crippen LogP contribution in [-0.2, 0) is 16.0 Å². The van der Waals surface area contributed by atoms with Gasteiger partial charge in [0.05, 0.1) is 23.7 Å². The molecule has 0 radical (unpaired) electrons. The van der Waals surface area contributed by atoms with Gasteiger partial charge in [-0.25, -0.2) is 9.78 Å². The zero-order valence-electron chi connectivity index (χ0n) is 16.3. The molecule has 0 bridgehead atoms. The number of rotatable bonds is 5. The Labute approximate surface area is 182 Å². The Morgan fingerprint density at radius 2 is 1.50 bits per heavy atom. The van der Waals surface area contributed by atoms with Crippen molar-refractivity contribution in [3.63, 3.8) is 0 Å². The van der Waals surface area contributed by atoms with E-state index in [4.69, 9.17) is 4.74 Å². The zero-order valence-corrected chi connectivity index (χ0v) is 17.8. The van der Waals surface area contributed by atoms with Gasteiger partial charge in [-0.2, -0.15) is 0 Å². The molecule has 1 N–H and O–H groups in total. The Morgan fingerprint density at radius 1 is 0.933 bits per heavy atom. The predicted octanol–water partition coefficient (Wildman–Crippen LogP) is 4.66. The molecule has 150 valence electrons. The molecule has 0 aliphatic rings. The molecule has 6 heteroatoms. The number of esters is 1. The number of amides is 1. The zero-order chi connectivity index (χ0) is 21.1. The van der Waals surface area contributed by atoms with Crippen LogP contribution in [0.4, 0.5) is 0 Å². The van der Waals surface area contributed by atoms with E-state index in [9.17, 15) is 9.59 Å². The number of nitrogens with one attached hydrogen (secondary N) is 1. The maximum atomic E-state index is 13.4. The number of nitrogens with zero attached hydrogens (tertiary/aromatic N) is 1. The van der Waals surface area contributed by atoms with Gasteiger partial charge in [0, 0.05) is 21.7 Å². The highest BCUT2D eigenvalue weighted by atomic mass is 79.9. The summed E-state index contributed by atoms with van der Waals surface area (Å²) >= 11 is 3.50.